The molecule has 1 aliphatic rings. The van der Waals surface area contributed by atoms with Gasteiger partial charge < -0.3 is 9.32 Å². The van der Waals surface area contributed by atoms with Crippen molar-refractivity contribution in [3.05, 3.63) is 70.2 Å². The van der Waals surface area contributed by atoms with Crippen LogP contribution in [-0.4, -0.2) is 40.9 Å². The van der Waals surface area contributed by atoms with Crippen molar-refractivity contribution in [2.45, 2.75) is 39.4 Å². The highest BCUT2D eigenvalue weighted by Gasteiger charge is 2.33. The van der Waals surface area contributed by atoms with E-state index in [4.69, 9.17) is 16.0 Å². The minimum absolute atomic E-state index is 0.0395. The Morgan fingerprint density at radius 2 is 1.86 bits per heavy atom. The first-order valence-corrected chi connectivity index (χ1v) is 10.2. The van der Waals surface area contributed by atoms with E-state index < -0.39 is 0 Å². The molecule has 1 aromatic heterocycles. The van der Waals surface area contributed by atoms with Gasteiger partial charge in [0.1, 0.15) is 11.4 Å². The van der Waals surface area contributed by atoms with Crippen LogP contribution in [-0.2, 0) is 6.54 Å². The van der Waals surface area contributed by atoms with Crippen molar-refractivity contribution in [2.75, 3.05) is 13.1 Å². The van der Waals surface area contributed by atoms with Gasteiger partial charge in [0.05, 0.1) is 0 Å². The van der Waals surface area contributed by atoms with Crippen LogP contribution in [0.5, 0.6) is 0 Å². The molecule has 3 aromatic rings. The van der Waals surface area contributed by atoms with E-state index in [0.717, 1.165) is 29.6 Å². The van der Waals surface area contributed by atoms with Crippen molar-refractivity contribution in [3.8, 4) is 0 Å². The molecular formula is C23H24ClFN2O2. The van der Waals surface area contributed by atoms with E-state index in [9.17, 15) is 9.18 Å². The molecule has 1 amide bonds. The summed E-state index contributed by atoms with van der Waals surface area (Å²) in [5.74, 6) is 0.0105. The van der Waals surface area contributed by atoms with E-state index in [1.807, 2.05) is 43.0 Å². The third kappa shape index (κ3) is 4.02. The van der Waals surface area contributed by atoms with Gasteiger partial charge in [-0.25, -0.2) is 4.39 Å². The van der Waals surface area contributed by atoms with Crippen LogP contribution in [0.1, 0.15) is 35.5 Å². The first-order valence-electron chi connectivity index (χ1n) is 9.81. The molecule has 1 fully saturated rings. The third-order valence-corrected chi connectivity index (χ3v) is 6.09. The molecule has 29 heavy (non-hydrogen) atoms. The third-order valence-electron chi connectivity index (χ3n) is 5.68. The summed E-state index contributed by atoms with van der Waals surface area (Å²) >= 11 is 6.20. The molecule has 1 saturated heterocycles. The van der Waals surface area contributed by atoms with Gasteiger partial charge in [0.2, 0.25) is 0 Å². The number of carbonyl (C=O) groups excluding carboxylic acids is 1. The number of piperazine rings is 1. The summed E-state index contributed by atoms with van der Waals surface area (Å²) in [6.07, 6.45) is 0. The number of rotatable bonds is 3. The molecule has 0 unspecified atom stereocenters. The van der Waals surface area contributed by atoms with Crippen molar-refractivity contribution in [1.82, 2.24) is 9.80 Å². The first-order chi connectivity index (χ1) is 13.8. The van der Waals surface area contributed by atoms with Crippen LogP contribution in [0.4, 0.5) is 4.39 Å². The largest absolute Gasteiger partial charge is 0.451 e. The van der Waals surface area contributed by atoms with E-state index in [-0.39, 0.29) is 23.8 Å². The average Bonchev–Trinajstić information content (AvgIpc) is 3.08. The molecule has 6 heteroatoms. The standard InChI is InChI=1S/C23H24ClFN2O2/c1-14-8-21-18(9-20(14)24)10-22(29-21)23(28)27-12-15(2)26(11-16(27)3)13-17-4-6-19(25)7-5-17/h4-10,15-16H,11-13H2,1-3H3/t15-,16+/m0/s1. The van der Waals surface area contributed by atoms with Gasteiger partial charge in [0.25, 0.3) is 5.91 Å². The highest BCUT2D eigenvalue weighted by Crippen LogP contribution is 2.28. The molecule has 152 valence electrons. The SMILES string of the molecule is Cc1cc2oc(C(=O)N3C[C@H](C)N(Cc4ccc(F)cc4)C[C@H]3C)cc2cc1Cl. The summed E-state index contributed by atoms with van der Waals surface area (Å²) in [4.78, 5) is 17.3. The molecule has 4 rings (SSSR count). The fourth-order valence-corrected chi connectivity index (χ4v) is 4.11. The molecule has 1 aliphatic heterocycles. The summed E-state index contributed by atoms with van der Waals surface area (Å²) < 4.78 is 19.0. The highest BCUT2D eigenvalue weighted by atomic mass is 35.5. The maximum absolute atomic E-state index is 13.2. The second kappa shape index (κ2) is 7.81. The summed E-state index contributed by atoms with van der Waals surface area (Å²) in [6, 6.07) is 12.3. The number of furan rings is 1. The minimum atomic E-state index is -0.229. The molecule has 0 saturated carbocycles. The maximum atomic E-state index is 13.2. The monoisotopic (exact) mass is 414 g/mol. The number of carbonyl (C=O) groups is 1. The fraction of sp³-hybridized carbons (Fsp3) is 0.348. The number of benzene rings is 2. The maximum Gasteiger partial charge on any atom is 0.289 e. The number of aryl methyl sites for hydroxylation is 1. The van der Waals surface area contributed by atoms with Gasteiger partial charge in [0, 0.05) is 42.1 Å². The number of fused-ring (bicyclic) bond motifs is 1. The van der Waals surface area contributed by atoms with Crippen LogP contribution in [0.3, 0.4) is 0 Å². The molecule has 0 aliphatic carbocycles. The molecular weight excluding hydrogens is 391 g/mol. The predicted octanol–water partition coefficient (Wildman–Crippen LogP) is 5.27. The van der Waals surface area contributed by atoms with Crippen LogP contribution in [0.15, 0.2) is 46.9 Å². The molecule has 2 heterocycles. The van der Waals surface area contributed by atoms with Gasteiger partial charge in [-0.1, -0.05) is 23.7 Å². The Kier molecular flexibility index (Phi) is 5.36. The summed E-state index contributed by atoms with van der Waals surface area (Å²) in [5.41, 5.74) is 2.66. The number of nitrogens with zero attached hydrogens (tertiary/aromatic N) is 2. The van der Waals surface area contributed by atoms with Crippen molar-refractivity contribution < 1.29 is 13.6 Å². The molecule has 0 spiro atoms. The topological polar surface area (TPSA) is 36.7 Å². The second-order valence-electron chi connectivity index (χ2n) is 7.96. The van der Waals surface area contributed by atoms with E-state index >= 15 is 0 Å². The van der Waals surface area contributed by atoms with Gasteiger partial charge in [-0.2, -0.15) is 0 Å². The van der Waals surface area contributed by atoms with E-state index in [0.29, 0.717) is 22.9 Å². The highest BCUT2D eigenvalue weighted by molar-refractivity contribution is 6.32. The number of amides is 1. The Hall–Kier alpha value is -2.37. The van der Waals surface area contributed by atoms with Gasteiger partial charge in [-0.05, 0) is 62.2 Å². The van der Waals surface area contributed by atoms with Gasteiger partial charge in [-0.3, -0.25) is 9.69 Å². The van der Waals surface area contributed by atoms with Crippen molar-refractivity contribution in [3.63, 3.8) is 0 Å². The van der Waals surface area contributed by atoms with Crippen LogP contribution in [0.2, 0.25) is 5.02 Å². The lowest BCUT2D eigenvalue weighted by atomic mass is 10.1. The van der Waals surface area contributed by atoms with Gasteiger partial charge >= 0.3 is 0 Å². The molecule has 0 bridgehead atoms. The number of halogens is 2. The zero-order valence-corrected chi connectivity index (χ0v) is 17.5. The second-order valence-corrected chi connectivity index (χ2v) is 8.37. The summed E-state index contributed by atoms with van der Waals surface area (Å²) in [5, 5.41) is 1.49. The smallest absolute Gasteiger partial charge is 0.289 e. The Labute approximate surface area is 174 Å². The Bertz CT molecular complexity index is 1010. The predicted molar refractivity (Wildman–Crippen MR) is 113 cm³/mol. The molecule has 2 aromatic carbocycles. The van der Waals surface area contributed by atoms with Crippen LogP contribution < -0.4 is 0 Å². The summed E-state index contributed by atoms with van der Waals surface area (Å²) in [7, 11) is 0. The average molecular weight is 415 g/mol. The van der Waals surface area contributed by atoms with Gasteiger partial charge in [-0.15, -0.1) is 0 Å². The van der Waals surface area contributed by atoms with Crippen molar-refractivity contribution in [2.24, 2.45) is 0 Å². The zero-order valence-electron chi connectivity index (χ0n) is 16.8. The van der Waals surface area contributed by atoms with Crippen LogP contribution >= 0.6 is 11.6 Å². The lowest BCUT2D eigenvalue weighted by Crippen LogP contribution is -2.57. The summed E-state index contributed by atoms with van der Waals surface area (Å²) in [6.45, 7) is 8.15. The zero-order chi connectivity index (χ0) is 20.7. The van der Waals surface area contributed by atoms with Crippen LogP contribution in [0, 0.1) is 12.7 Å². The van der Waals surface area contributed by atoms with Crippen molar-refractivity contribution >= 4 is 28.5 Å². The Balaban J connectivity index is 1.49. The van der Waals surface area contributed by atoms with E-state index in [2.05, 4.69) is 11.8 Å². The first kappa shape index (κ1) is 19.9. The quantitative estimate of drug-likeness (QED) is 0.586. The van der Waals surface area contributed by atoms with Gasteiger partial charge in [0.15, 0.2) is 5.76 Å². The molecule has 4 nitrogen and oxygen atoms in total. The number of hydrogen-bond donors (Lipinski definition) is 0. The Morgan fingerprint density at radius 3 is 2.59 bits per heavy atom. The van der Waals surface area contributed by atoms with E-state index in [1.54, 1.807) is 6.07 Å². The molecule has 0 N–H and O–H groups in total. The number of hydrogen-bond acceptors (Lipinski definition) is 3. The molecule has 0 radical (unpaired) electrons. The molecule has 2 atom stereocenters. The Morgan fingerprint density at radius 1 is 1.14 bits per heavy atom. The normalized spacial score (nSPS) is 20.4. The van der Waals surface area contributed by atoms with E-state index in [1.165, 1.54) is 12.1 Å². The lowest BCUT2D eigenvalue weighted by Gasteiger charge is -2.43. The lowest BCUT2D eigenvalue weighted by molar-refractivity contribution is 0.0269. The van der Waals surface area contributed by atoms with Crippen LogP contribution in [0.25, 0.3) is 11.0 Å². The fourth-order valence-electron chi connectivity index (χ4n) is 3.93. The van der Waals surface area contributed by atoms with Crippen molar-refractivity contribution in [1.29, 1.82) is 0 Å². The minimum Gasteiger partial charge on any atom is -0.451 e.